The fraction of sp³-hybridized carbons (Fsp3) is 0.455. The Bertz CT molecular complexity index is 434. The number of aliphatic hydroxyl groups excluding tert-OH is 1. The Kier molecular flexibility index (Phi) is 4.46. The molecular weight excluding hydrogens is 238 g/mol. The van der Waals surface area contributed by atoms with E-state index in [2.05, 4.69) is 10.6 Å². The number of para-hydroxylation sites is 1. The van der Waals surface area contributed by atoms with Gasteiger partial charge in [0.1, 0.15) is 17.0 Å². The van der Waals surface area contributed by atoms with Crippen LogP contribution >= 0.6 is 0 Å². The zero-order valence-corrected chi connectivity index (χ0v) is 10.3. The molecule has 1 rings (SSSR count). The van der Waals surface area contributed by atoms with Crippen LogP contribution in [0, 0.1) is 10.1 Å². The average Bonchev–Trinajstić information content (AvgIpc) is 2.35. The van der Waals surface area contributed by atoms with E-state index in [1.807, 2.05) is 0 Å². The van der Waals surface area contributed by atoms with Crippen molar-refractivity contribution in [3.63, 3.8) is 0 Å². The molecule has 0 aliphatic heterocycles. The Morgan fingerprint density at radius 1 is 1.44 bits per heavy atom. The SMILES string of the molecule is CNc1cccc(NCC(C)(O)CO)c1[N+](=O)[O-]. The Labute approximate surface area is 105 Å². The van der Waals surface area contributed by atoms with Crippen LogP contribution in [-0.2, 0) is 0 Å². The second-order valence-corrected chi connectivity index (χ2v) is 4.22. The van der Waals surface area contributed by atoms with Gasteiger partial charge in [-0.3, -0.25) is 10.1 Å². The number of nitrogens with one attached hydrogen (secondary N) is 2. The predicted molar refractivity (Wildman–Crippen MR) is 68.8 cm³/mol. The van der Waals surface area contributed by atoms with Crippen LogP contribution in [0.4, 0.5) is 17.1 Å². The van der Waals surface area contributed by atoms with Gasteiger partial charge in [-0.05, 0) is 19.1 Å². The molecular formula is C11H17N3O4. The number of hydrogen-bond donors (Lipinski definition) is 4. The van der Waals surface area contributed by atoms with Crippen LogP contribution in [0.2, 0.25) is 0 Å². The van der Waals surface area contributed by atoms with Crippen molar-refractivity contribution < 1.29 is 15.1 Å². The topological polar surface area (TPSA) is 108 Å². The van der Waals surface area contributed by atoms with Crippen LogP contribution in [0.5, 0.6) is 0 Å². The maximum absolute atomic E-state index is 11.0. The van der Waals surface area contributed by atoms with E-state index in [-0.39, 0.29) is 12.2 Å². The molecule has 7 nitrogen and oxygen atoms in total. The van der Waals surface area contributed by atoms with Gasteiger partial charge >= 0.3 is 5.69 Å². The van der Waals surface area contributed by atoms with Gasteiger partial charge in [0.05, 0.1) is 11.5 Å². The second kappa shape index (κ2) is 5.65. The average molecular weight is 255 g/mol. The molecule has 1 aromatic rings. The van der Waals surface area contributed by atoms with E-state index in [4.69, 9.17) is 5.11 Å². The van der Waals surface area contributed by atoms with E-state index in [1.54, 1.807) is 25.2 Å². The van der Waals surface area contributed by atoms with Crippen molar-refractivity contribution in [2.45, 2.75) is 12.5 Å². The fourth-order valence-electron chi connectivity index (χ4n) is 1.43. The minimum atomic E-state index is -1.33. The normalized spacial score (nSPS) is 13.8. The monoisotopic (exact) mass is 255 g/mol. The Morgan fingerprint density at radius 3 is 2.56 bits per heavy atom. The van der Waals surface area contributed by atoms with Gasteiger partial charge in [0, 0.05) is 13.6 Å². The number of aliphatic hydroxyl groups is 2. The molecule has 0 spiro atoms. The lowest BCUT2D eigenvalue weighted by Gasteiger charge is -2.21. The van der Waals surface area contributed by atoms with Crippen LogP contribution in [-0.4, -0.2) is 40.9 Å². The maximum Gasteiger partial charge on any atom is 0.315 e. The molecule has 0 radical (unpaired) electrons. The second-order valence-electron chi connectivity index (χ2n) is 4.22. The van der Waals surface area contributed by atoms with Gasteiger partial charge in [-0.1, -0.05) is 6.07 Å². The number of nitro groups is 1. The van der Waals surface area contributed by atoms with Crippen molar-refractivity contribution in [1.82, 2.24) is 0 Å². The van der Waals surface area contributed by atoms with E-state index in [1.165, 1.54) is 6.92 Å². The first-order chi connectivity index (χ1) is 8.41. The van der Waals surface area contributed by atoms with Gasteiger partial charge in [-0.2, -0.15) is 0 Å². The summed E-state index contributed by atoms with van der Waals surface area (Å²) in [4.78, 5) is 10.5. The van der Waals surface area contributed by atoms with Crippen molar-refractivity contribution in [2.24, 2.45) is 0 Å². The number of benzene rings is 1. The molecule has 18 heavy (non-hydrogen) atoms. The molecule has 0 heterocycles. The Morgan fingerprint density at radius 2 is 2.06 bits per heavy atom. The molecule has 0 fully saturated rings. The highest BCUT2D eigenvalue weighted by atomic mass is 16.6. The summed E-state index contributed by atoms with van der Waals surface area (Å²) in [6.45, 7) is 1.02. The number of hydrogen-bond acceptors (Lipinski definition) is 6. The lowest BCUT2D eigenvalue weighted by Crippen LogP contribution is -2.37. The lowest BCUT2D eigenvalue weighted by atomic mass is 10.1. The summed E-state index contributed by atoms with van der Waals surface area (Å²) in [6, 6.07) is 4.80. The first-order valence-electron chi connectivity index (χ1n) is 5.43. The van der Waals surface area contributed by atoms with Gasteiger partial charge < -0.3 is 20.8 Å². The predicted octanol–water partition coefficient (Wildman–Crippen LogP) is 0.792. The third kappa shape index (κ3) is 3.31. The first-order valence-corrected chi connectivity index (χ1v) is 5.43. The summed E-state index contributed by atoms with van der Waals surface area (Å²) < 4.78 is 0. The van der Waals surface area contributed by atoms with Crippen LogP contribution in [0.15, 0.2) is 18.2 Å². The minimum absolute atomic E-state index is 0.0114. The van der Waals surface area contributed by atoms with Crippen molar-refractivity contribution >= 4 is 17.1 Å². The van der Waals surface area contributed by atoms with E-state index in [9.17, 15) is 15.2 Å². The molecule has 0 aromatic heterocycles. The zero-order valence-electron chi connectivity index (χ0n) is 10.3. The summed E-state index contributed by atoms with van der Waals surface area (Å²) in [5.74, 6) is 0. The molecule has 0 amide bonds. The fourth-order valence-corrected chi connectivity index (χ4v) is 1.43. The first kappa shape index (κ1) is 14.2. The zero-order chi connectivity index (χ0) is 13.8. The Hall–Kier alpha value is -1.86. The molecule has 4 N–H and O–H groups in total. The van der Waals surface area contributed by atoms with Crippen LogP contribution < -0.4 is 10.6 Å². The molecule has 0 bridgehead atoms. The third-order valence-electron chi connectivity index (χ3n) is 2.49. The van der Waals surface area contributed by atoms with Crippen molar-refractivity contribution in [1.29, 1.82) is 0 Å². The number of rotatable bonds is 6. The maximum atomic E-state index is 11.0. The quantitative estimate of drug-likeness (QED) is 0.442. The highest BCUT2D eigenvalue weighted by Gasteiger charge is 2.23. The standard InChI is InChI=1S/C11H17N3O4/c1-11(16,7-15)6-13-9-5-3-4-8(12-2)10(9)14(17)18/h3-5,12-13,15-16H,6-7H2,1-2H3. The molecule has 7 heteroatoms. The molecule has 0 aliphatic rings. The number of anilines is 2. The van der Waals surface area contributed by atoms with Crippen molar-refractivity contribution in [2.75, 3.05) is 30.8 Å². The van der Waals surface area contributed by atoms with Crippen molar-refractivity contribution in [3.8, 4) is 0 Å². The Balaban J connectivity index is 2.99. The minimum Gasteiger partial charge on any atom is -0.393 e. The number of nitrogens with zero attached hydrogens (tertiary/aromatic N) is 1. The van der Waals surface area contributed by atoms with Crippen LogP contribution in [0.25, 0.3) is 0 Å². The summed E-state index contributed by atoms with van der Waals surface area (Å²) in [6.07, 6.45) is 0. The van der Waals surface area contributed by atoms with Crippen LogP contribution in [0.1, 0.15) is 6.92 Å². The molecule has 1 aromatic carbocycles. The van der Waals surface area contributed by atoms with Crippen molar-refractivity contribution in [3.05, 3.63) is 28.3 Å². The van der Waals surface area contributed by atoms with Gasteiger partial charge in [0.2, 0.25) is 0 Å². The number of nitro benzene ring substituents is 1. The summed E-state index contributed by atoms with van der Waals surface area (Å²) in [7, 11) is 1.59. The lowest BCUT2D eigenvalue weighted by molar-refractivity contribution is -0.383. The van der Waals surface area contributed by atoms with E-state index < -0.39 is 17.1 Å². The molecule has 1 atom stereocenters. The van der Waals surface area contributed by atoms with Gasteiger partial charge in [0.25, 0.3) is 0 Å². The largest absolute Gasteiger partial charge is 0.393 e. The molecule has 0 saturated carbocycles. The van der Waals surface area contributed by atoms with E-state index in [0.29, 0.717) is 11.4 Å². The third-order valence-corrected chi connectivity index (χ3v) is 2.49. The van der Waals surface area contributed by atoms with Gasteiger partial charge in [-0.15, -0.1) is 0 Å². The smallest absolute Gasteiger partial charge is 0.315 e. The van der Waals surface area contributed by atoms with Gasteiger partial charge in [-0.25, -0.2) is 0 Å². The summed E-state index contributed by atoms with van der Waals surface area (Å²) in [5.41, 5.74) is -0.744. The molecule has 0 saturated heterocycles. The molecule has 100 valence electrons. The van der Waals surface area contributed by atoms with E-state index >= 15 is 0 Å². The van der Waals surface area contributed by atoms with Crippen LogP contribution in [0.3, 0.4) is 0 Å². The highest BCUT2D eigenvalue weighted by molar-refractivity contribution is 5.76. The highest BCUT2D eigenvalue weighted by Crippen LogP contribution is 2.32. The summed E-state index contributed by atoms with van der Waals surface area (Å²) in [5, 5.41) is 35.1. The molecule has 1 unspecified atom stereocenters. The van der Waals surface area contributed by atoms with E-state index in [0.717, 1.165) is 0 Å². The summed E-state index contributed by atoms with van der Waals surface area (Å²) >= 11 is 0. The molecule has 0 aliphatic carbocycles. The van der Waals surface area contributed by atoms with Gasteiger partial charge in [0.15, 0.2) is 0 Å².